The molecule has 0 unspecified atom stereocenters. The van der Waals surface area contributed by atoms with Gasteiger partial charge in [-0.1, -0.05) is 42.5 Å². The van der Waals surface area contributed by atoms with Crippen LogP contribution < -0.4 is 5.32 Å². The minimum atomic E-state index is -0.442. The van der Waals surface area contributed by atoms with Crippen LogP contribution in [0.1, 0.15) is 52.6 Å². The smallest absolute Gasteiger partial charge is 0.308 e. The van der Waals surface area contributed by atoms with Gasteiger partial charge >= 0.3 is 5.97 Å². The van der Waals surface area contributed by atoms with E-state index in [9.17, 15) is 4.79 Å². The van der Waals surface area contributed by atoms with Gasteiger partial charge in [-0.05, 0) is 40.2 Å². The Bertz CT molecular complexity index is 460. The van der Waals surface area contributed by atoms with E-state index in [1.165, 1.54) is 5.56 Å². The molecule has 0 spiro atoms. The third-order valence-electron chi connectivity index (χ3n) is 3.00. The van der Waals surface area contributed by atoms with Gasteiger partial charge in [-0.25, -0.2) is 0 Å². The Hall–Kier alpha value is -1.61. The molecule has 1 aromatic rings. The van der Waals surface area contributed by atoms with E-state index in [1.54, 1.807) is 0 Å². The van der Waals surface area contributed by atoms with Crippen molar-refractivity contribution >= 4 is 5.97 Å². The number of carbonyl (C=O) groups excluding carboxylic acids is 1. The van der Waals surface area contributed by atoms with Crippen molar-refractivity contribution in [3.63, 3.8) is 0 Å². The van der Waals surface area contributed by atoms with Gasteiger partial charge in [-0.3, -0.25) is 4.79 Å². The maximum absolute atomic E-state index is 12.0. The molecule has 1 aromatic carbocycles. The lowest BCUT2D eigenvalue weighted by Gasteiger charge is -2.24. The first kappa shape index (κ1) is 17.4. The average molecular weight is 289 g/mol. The predicted octanol–water partition coefficient (Wildman–Crippen LogP) is 4.01. The van der Waals surface area contributed by atoms with Crippen LogP contribution in [-0.2, 0) is 9.53 Å². The quantitative estimate of drug-likeness (QED) is 0.635. The number of nitrogens with one attached hydrogen (secondary N) is 1. The van der Waals surface area contributed by atoms with Gasteiger partial charge in [0.2, 0.25) is 0 Å². The lowest BCUT2D eigenvalue weighted by Crippen LogP contribution is -2.34. The monoisotopic (exact) mass is 289 g/mol. The van der Waals surface area contributed by atoms with Crippen LogP contribution in [0.2, 0.25) is 0 Å². The standard InChI is InChI=1S/C18H27NO2/c1-6-10-16(13-17(20)21-18(3,4)5)19-14(2)15-11-8-7-9-12-15/h6-12,14,16,19H,13H2,1-5H3/t14-,16-/m0/s1. The Morgan fingerprint density at radius 3 is 2.43 bits per heavy atom. The van der Waals surface area contributed by atoms with E-state index in [-0.39, 0.29) is 18.1 Å². The normalized spacial score (nSPS) is 14.9. The molecule has 0 aliphatic carbocycles. The van der Waals surface area contributed by atoms with Gasteiger partial charge in [0, 0.05) is 12.1 Å². The van der Waals surface area contributed by atoms with Crippen molar-refractivity contribution < 1.29 is 9.53 Å². The molecule has 0 aliphatic heterocycles. The number of carbonyl (C=O) groups is 1. The minimum Gasteiger partial charge on any atom is -0.460 e. The maximum atomic E-state index is 12.0. The minimum absolute atomic E-state index is 0.0277. The molecule has 0 fully saturated rings. The fourth-order valence-corrected chi connectivity index (χ4v) is 2.14. The van der Waals surface area contributed by atoms with E-state index < -0.39 is 5.60 Å². The fraction of sp³-hybridized carbons (Fsp3) is 0.500. The van der Waals surface area contributed by atoms with Crippen molar-refractivity contribution in [3.05, 3.63) is 48.0 Å². The SMILES string of the molecule is CC=C[C@@H](CC(=O)OC(C)(C)C)N[C@@H](C)c1ccccc1. The van der Waals surface area contributed by atoms with Crippen molar-refractivity contribution in [2.45, 2.75) is 58.7 Å². The maximum Gasteiger partial charge on any atom is 0.308 e. The molecule has 0 radical (unpaired) electrons. The zero-order valence-corrected chi connectivity index (χ0v) is 13.7. The van der Waals surface area contributed by atoms with Crippen LogP contribution in [0.4, 0.5) is 0 Å². The molecule has 1 rings (SSSR count). The van der Waals surface area contributed by atoms with E-state index in [2.05, 4.69) is 24.4 Å². The lowest BCUT2D eigenvalue weighted by molar-refractivity contribution is -0.155. The van der Waals surface area contributed by atoms with E-state index in [1.807, 2.05) is 58.0 Å². The van der Waals surface area contributed by atoms with Crippen LogP contribution in [0.15, 0.2) is 42.5 Å². The van der Waals surface area contributed by atoms with Crippen LogP contribution in [0.3, 0.4) is 0 Å². The van der Waals surface area contributed by atoms with Crippen LogP contribution in [0, 0.1) is 0 Å². The van der Waals surface area contributed by atoms with Gasteiger partial charge < -0.3 is 10.1 Å². The fourth-order valence-electron chi connectivity index (χ4n) is 2.14. The summed E-state index contributed by atoms with van der Waals surface area (Å²) in [4.78, 5) is 12.0. The van der Waals surface area contributed by atoms with Gasteiger partial charge in [0.05, 0.1) is 6.42 Å². The molecule has 0 aliphatic rings. The van der Waals surface area contributed by atoms with E-state index in [0.29, 0.717) is 6.42 Å². The van der Waals surface area contributed by atoms with E-state index in [4.69, 9.17) is 4.74 Å². The number of ether oxygens (including phenoxy) is 1. The number of hydrogen-bond acceptors (Lipinski definition) is 3. The second-order valence-electron chi connectivity index (χ2n) is 6.22. The molecule has 0 aromatic heterocycles. The lowest BCUT2D eigenvalue weighted by atomic mass is 10.1. The molecule has 2 atom stereocenters. The zero-order chi connectivity index (χ0) is 15.9. The van der Waals surface area contributed by atoms with Gasteiger partial charge in [0.1, 0.15) is 5.60 Å². The summed E-state index contributed by atoms with van der Waals surface area (Å²) < 4.78 is 5.39. The Labute approximate surface area is 128 Å². The number of rotatable bonds is 6. The first-order valence-electron chi connectivity index (χ1n) is 7.47. The number of esters is 1. The highest BCUT2D eigenvalue weighted by atomic mass is 16.6. The third kappa shape index (κ3) is 7.09. The molecular formula is C18H27NO2. The first-order valence-corrected chi connectivity index (χ1v) is 7.47. The van der Waals surface area contributed by atoms with Crippen LogP contribution in [0.25, 0.3) is 0 Å². The van der Waals surface area contributed by atoms with Crippen molar-refractivity contribution in [1.29, 1.82) is 0 Å². The second-order valence-corrected chi connectivity index (χ2v) is 6.22. The summed E-state index contributed by atoms with van der Waals surface area (Å²) in [7, 11) is 0. The first-order chi connectivity index (χ1) is 9.81. The van der Waals surface area contributed by atoms with Gasteiger partial charge in [-0.2, -0.15) is 0 Å². The highest BCUT2D eigenvalue weighted by Crippen LogP contribution is 2.15. The van der Waals surface area contributed by atoms with Crippen LogP contribution in [0.5, 0.6) is 0 Å². The van der Waals surface area contributed by atoms with Crippen LogP contribution in [-0.4, -0.2) is 17.6 Å². The van der Waals surface area contributed by atoms with E-state index >= 15 is 0 Å². The van der Waals surface area contributed by atoms with Crippen LogP contribution >= 0.6 is 0 Å². The van der Waals surface area contributed by atoms with Gasteiger partial charge in [0.25, 0.3) is 0 Å². The molecule has 0 saturated heterocycles. The molecule has 0 amide bonds. The topological polar surface area (TPSA) is 38.3 Å². The number of allylic oxidation sites excluding steroid dienone is 1. The molecule has 0 saturated carbocycles. The summed E-state index contributed by atoms with van der Waals surface area (Å²) in [6.45, 7) is 9.71. The largest absolute Gasteiger partial charge is 0.460 e. The summed E-state index contributed by atoms with van der Waals surface area (Å²) in [5.74, 6) is -0.182. The summed E-state index contributed by atoms with van der Waals surface area (Å²) in [6.07, 6.45) is 4.29. The summed E-state index contributed by atoms with van der Waals surface area (Å²) in [6, 6.07) is 10.4. The highest BCUT2D eigenvalue weighted by molar-refractivity contribution is 5.71. The van der Waals surface area contributed by atoms with Crippen molar-refractivity contribution in [3.8, 4) is 0 Å². The molecule has 1 N–H and O–H groups in total. The van der Waals surface area contributed by atoms with Gasteiger partial charge in [0.15, 0.2) is 0 Å². The average Bonchev–Trinajstić information content (AvgIpc) is 2.37. The molecule has 116 valence electrons. The number of benzene rings is 1. The Kier molecular flexibility index (Phi) is 6.63. The summed E-state index contributed by atoms with van der Waals surface area (Å²) >= 11 is 0. The molecule has 0 bridgehead atoms. The second kappa shape index (κ2) is 7.99. The molecule has 3 nitrogen and oxygen atoms in total. The predicted molar refractivity (Wildman–Crippen MR) is 87.1 cm³/mol. The highest BCUT2D eigenvalue weighted by Gasteiger charge is 2.20. The molecular weight excluding hydrogens is 262 g/mol. The molecule has 21 heavy (non-hydrogen) atoms. The zero-order valence-electron chi connectivity index (χ0n) is 13.7. The van der Waals surface area contributed by atoms with Gasteiger partial charge in [-0.15, -0.1) is 0 Å². The van der Waals surface area contributed by atoms with E-state index in [0.717, 1.165) is 0 Å². The third-order valence-corrected chi connectivity index (χ3v) is 3.00. The van der Waals surface area contributed by atoms with Crippen molar-refractivity contribution in [1.82, 2.24) is 5.32 Å². The Morgan fingerprint density at radius 1 is 1.29 bits per heavy atom. The summed E-state index contributed by atoms with van der Waals surface area (Å²) in [5, 5.41) is 3.46. The Morgan fingerprint density at radius 2 is 1.90 bits per heavy atom. The van der Waals surface area contributed by atoms with Crippen molar-refractivity contribution in [2.24, 2.45) is 0 Å². The Balaban J connectivity index is 2.63. The summed E-state index contributed by atoms with van der Waals surface area (Å²) in [5.41, 5.74) is 0.763. The molecule has 3 heteroatoms. The van der Waals surface area contributed by atoms with Crippen molar-refractivity contribution in [2.75, 3.05) is 0 Å². The number of hydrogen-bond donors (Lipinski definition) is 1. The molecule has 0 heterocycles.